The number of thiophene rings is 1. The number of amides is 1. The SMILES string of the molecule is O=C(CCn1cnc2sccc2c1=O)N1CCCC1c1cccc(F)c1. The highest BCUT2D eigenvalue weighted by Crippen LogP contribution is 2.32. The van der Waals surface area contributed by atoms with Gasteiger partial charge in [-0.15, -0.1) is 11.3 Å². The van der Waals surface area contributed by atoms with Gasteiger partial charge in [-0.2, -0.15) is 0 Å². The molecule has 5 nitrogen and oxygen atoms in total. The molecule has 0 spiro atoms. The lowest BCUT2D eigenvalue weighted by Crippen LogP contribution is -2.32. The van der Waals surface area contributed by atoms with E-state index in [1.165, 1.54) is 34.4 Å². The number of benzene rings is 1. The Morgan fingerprint density at radius 1 is 1.35 bits per heavy atom. The summed E-state index contributed by atoms with van der Waals surface area (Å²) in [5.41, 5.74) is 0.710. The summed E-state index contributed by atoms with van der Waals surface area (Å²) in [6.07, 6.45) is 3.46. The molecule has 3 aromatic rings. The van der Waals surface area contributed by atoms with Crippen molar-refractivity contribution in [1.82, 2.24) is 14.5 Å². The third-order valence-corrected chi connectivity index (χ3v) is 5.64. The predicted octanol–water partition coefficient (Wildman–Crippen LogP) is 3.35. The number of likely N-dealkylation sites (tertiary alicyclic amines) is 1. The third-order valence-electron chi connectivity index (χ3n) is 4.82. The standard InChI is InChI=1S/C19H18FN3O2S/c20-14-4-1-3-13(11-14)16-5-2-8-23(16)17(24)6-9-22-12-21-18-15(19(22)25)7-10-26-18/h1,3-4,7,10-12,16H,2,5-6,8-9H2. The van der Waals surface area contributed by atoms with E-state index in [-0.39, 0.29) is 29.7 Å². The molecule has 1 fully saturated rings. The molecule has 1 unspecified atom stereocenters. The van der Waals surface area contributed by atoms with Gasteiger partial charge in [0.25, 0.3) is 5.56 Å². The molecule has 1 aliphatic heterocycles. The van der Waals surface area contributed by atoms with Gasteiger partial charge in [0.05, 0.1) is 17.8 Å². The van der Waals surface area contributed by atoms with Crippen molar-refractivity contribution < 1.29 is 9.18 Å². The van der Waals surface area contributed by atoms with Gasteiger partial charge in [-0.1, -0.05) is 12.1 Å². The van der Waals surface area contributed by atoms with E-state index >= 15 is 0 Å². The van der Waals surface area contributed by atoms with E-state index < -0.39 is 0 Å². The molecule has 0 aliphatic carbocycles. The van der Waals surface area contributed by atoms with E-state index in [2.05, 4.69) is 4.98 Å². The van der Waals surface area contributed by atoms with Crippen molar-refractivity contribution in [3.63, 3.8) is 0 Å². The first kappa shape index (κ1) is 16.9. The normalized spacial score (nSPS) is 17.1. The van der Waals surface area contributed by atoms with Crippen LogP contribution in [0.1, 0.15) is 30.9 Å². The minimum Gasteiger partial charge on any atom is -0.336 e. The molecular weight excluding hydrogens is 353 g/mol. The summed E-state index contributed by atoms with van der Waals surface area (Å²) < 4.78 is 15.0. The highest BCUT2D eigenvalue weighted by molar-refractivity contribution is 7.16. The third kappa shape index (κ3) is 3.14. The highest BCUT2D eigenvalue weighted by atomic mass is 32.1. The first-order valence-electron chi connectivity index (χ1n) is 8.61. The smallest absolute Gasteiger partial charge is 0.262 e. The molecule has 1 aliphatic rings. The van der Waals surface area contributed by atoms with Crippen molar-refractivity contribution in [2.24, 2.45) is 0 Å². The van der Waals surface area contributed by atoms with E-state index in [0.29, 0.717) is 23.3 Å². The number of carbonyl (C=O) groups excluding carboxylic acids is 1. The molecule has 7 heteroatoms. The number of hydrogen-bond donors (Lipinski definition) is 0. The topological polar surface area (TPSA) is 55.2 Å². The van der Waals surface area contributed by atoms with Gasteiger partial charge in [0.1, 0.15) is 10.6 Å². The summed E-state index contributed by atoms with van der Waals surface area (Å²) in [6.45, 7) is 0.958. The van der Waals surface area contributed by atoms with Crippen LogP contribution in [-0.2, 0) is 11.3 Å². The Kier molecular flexibility index (Phi) is 4.55. The second-order valence-corrected chi connectivity index (χ2v) is 7.33. The molecule has 1 aromatic carbocycles. The van der Waals surface area contributed by atoms with Gasteiger partial charge < -0.3 is 4.90 Å². The molecule has 1 amide bonds. The number of carbonyl (C=O) groups is 1. The molecule has 1 atom stereocenters. The van der Waals surface area contributed by atoms with Crippen LogP contribution in [0.2, 0.25) is 0 Å². The van der Waals surface area contributed by atoms with Crippen LogP contribution in [0.5, 0.6) is 0 Å². The number of aromatic nitrogens is 2. The van der Waals surface area contributed by atoms with Crippen LogP contribution in [-0.4, -0.2) is 26.9 Å². The Hall–Kier alpha value is -2.54. The summed E-state index contributed by atoms with van der Waals surface area (Å²) in [5, 5.41) is 2.42. The summed E-state index contributed by atoms with van der Waals surface area (Å²) in [6, 6.07) is 8.10. The Morgan fingerprint density at radius 2 is 2.23 bits per heavy atom. The maximum Gasteiger partial charge on any atom is 0.262 e. The molecule has 2 aromatic heterocycles. The number of hydrogen-bond acceptors (Lipinski definition) is 4. The Labute approximate surface area is 153 Å². The van der Waals surface area contributed by atoms with Gasteiger partial charge in [0.2, 0.25) is 5.91 Å². The summed E-state index contributed by atoms with van der Waals surface area (Å²) >= 11 is 1.42. The van der Waals surface area contributed by atoms with Crippen LogP contribution >= 0.6 is 11.3 Å². The largest absolute Gasteiger partial charge is 0.336 e. The van der Waals surface area contributed by atoms with Crippen molar-refractivity contribution >= 4 is 27.5 Å². The van der Waals surface area contributed by atoms with Crippen LogP contribution in [0.3, 0.4) is 0 Å². The molecule has 4 rings (SSSR count). The predicted molar refractivity (Wildman–Crippen MR) is 98.6 cm³/mol. The number of nitrogens with zero attached hydrogens (tertiary/aromatic N) is 3. The zero-order valence-electron chi connectivity index (χ0n) is 14.1. The number of halogens is 1. The van der Waals surface area contributed by atoms with Crippen molar-refractivity contribution in [2.75, 3.05) is 6.54 Å². The van der Waals surface area contributed by atoms with Crippen LogP contribution in [0.15, 0.2) is 46.8 Å². The van der Waals surface area contributed by atoms with Gasteiger partial charge in [-0.25, -0.2) is 9.37 Å². The van der Waals surface area contributed by atoms with Crippen molar-refractivity contribution in [1.29, 1.82) is 0 Å². The van der Waals surface area contributed by atoms with E-state index in [9.17, 15) is 14.0 Å². The second-order valence-electron chi connectivity index (χ2n) is 6.43. The van der Waals surface area contributed by atoms with Gasteiger partial charge in [-0.3, -0.25) is 14.2 Å². The van der Waals surface area contributed by atoms with E-state index in [1.807, 2.05) is 11.4 Å². The molecule has 0 N–H and O–H groups in total. The fourth-order valence-electron chi connectivity index (χ4n) is 3.54. The van der Waals surface area contributed by atoms with Gasteiger partial charge in [-0.05, 0) is 42.0 Å². The monoisotopic (exact) mass is 371 g/mol. The van der Waals surface area contributed by atoms with Gasteiger partial charge in [0.15, 0.2) is 0 Å². The molecule has 26 heavy (non-hydrogen) atoms. The van der Waals surface area contributed by atoms with Crippen LogP contribution in [0, 0.1) is 5.82 Å². The van der Waals surface area contributed by atoms with Gasteiger partial charge >= 0.3 is 0 Å². The van der Waals surface area contributed by atoms with E-state index in [4.69, 9.17) is 0 Å². The lowest BCUT2D eigenvalue weighted by Gasteiger charge is -2.25. The van der Waals surface area contributed by atoms with Crippen LogP contribution in [0.4, 0.5) is 4.39 Å². The minimum atomic E-state index is -0.288. The minimum absolute atomic E-state index is 0.0194. The molecule has 0 radical (unpaired) electrons. The first-order valence-corrected chi connectivity index (χ1v) is 9.49. The quantitative estimate of drug-likeness (QED) is 0.707. The molecule has 0 bridgehead atoms. The highest BCUT2D eigenvalue weighted by Gasteiger charge is 2.29. The zero-order valence-corrected chi connectivity index (χ0v) is 14.9. The van der Waals surface area contributed by atoms with E-state index in [0.717, 1.165) is 18.4 Å². The zero-order chi connectivity index (χ0) is 18.1. The maximum absolute atomic E-state index is 13.5. The molecule has 1 saturated heterocycles. The molecule has 3 heterocycles. The Bertz CT molecular complexity index is 1010. The summed E-state index contributed by atoms with van der Waals surface area (Å²) in [7, 11) is 0. The number of rotatable bonds is 4. The average Bonchev–Trinajstić information content (AvgIpc) is 3.30. The molecule has 0 saturated carbocycles. The average molecular weight is 371 g/mol. The van der Waals surface area contributed by atoms with Crippen molar-refractivity contribution in [3.05, 3.63) is 63.8 Å². The fraction of sp³-hybridized carbons (Fsp3) is 0.316. The maximum atomic E-state index is 13.5. The summed E-state index contributed by atoms with van der Waals surface area (Å²) in [5.74, 6) is -0.308. The Morgan fingerprint density at radius 3 is 3.08 bits per heavy atom. The fourth-order valence-corrected chi connectivity index (χ4v) is 4.26. The van der Waals surface area contributed by atoms with Gasteiger partial charge in [0, 0.05) is 19.5 Å². The van der Waals surface area contributed by atoms with Crippen LogP contribution in [0.25, 0.3) is 10.2 Å². The lowest BCUT2D eigenvalue weighted by molar-refractivity contribution is -0.132. The summed E-state index contributed by atoms with van der Waals surface area (Å²) in [4.78, 5) is 31.9. The molecular formula is C19H18FN3O2S. The Balaban J connectivity index is 1.48. The van der Waals surface area contributed by atoms with Crippen molar-refractivity contribution in [3.8, 4) is 0 Å². The van der Waals surface area contributed by atoms with Crippen LogP contribution < -0.4 is 5.56 Å². The van der Waals surface area contributed by atoms with E-state index in [1.54, 1.807) is 17.0 Å². The first-order chi connectivity index (χ1) is 12.6. The van der Waals surface area contributed by atoms with Crippen molar-refractivity contribution in [2.45, 2.75) is 31.8 Å². The molecule has 134 valence electrons. The number of fused-ring (bicyclic) bond motifs is 1. The lowest BCUT2D eigenvalue weighted by atomic mass is 10.0. The second kappa shape index (κ2) is 6.99. The number of aryl methyl sites for hydroxylation is 1.